The summed E-state index contributed by atoms with van der Waals surface area (Å²) >= 11 is 4.83. The lowest BCUT2D eigenvalue weighted by atomic mass is 9.76. The zero-order chi connectivity index (χ0) is 11.5. The largest absolute Gasteiger partial charge is 0.386 e. The fourth-order valence-electron chi connectivity index (χ4n) is 2.04. The van der Waals surface area contributed by atoms with Crippen LogP contribution in [0, 0.1) is 5.41 Å². The molecule has 1 rings (SSSR count). The number of amides is 1. The molecule has 0 bridgehead atoms. The predicted molar refractivity (Wildman–Crippen MR) is 64.6 cm³/mol. The lowest BCUT2D eigenvalue weighted by Gasteiger charge is -2.34. The fourth-order valence-corrected chi connectivity index (χ4v) is 2.23. The van der Waals surface area contributed by atoms with Crippen LogP contribution in [0.1, 0.15) is 39.5 Å². The second-order valence-electron chi connectivity index (χ2n) is 3.84. The minimum absolute atomic E-state index is 0.0938. The highest BCUT2D eigenvalue weighted by Crippen LogP contribution is 2.32. The standard InChI is InChI=1S/C10H17N3OS/c1-3-5-10(6-4-2)7(11)12-9(15)13-8(10)14/h3-6H2,1-2H3,(H3,11,12,13,14,15). The normalized spacial score (nSPS) is 19.7. The molecule has 1 amide bonds. The summed E-state index contributed by atoms with van der Waals surface area (Å²) < 4.78 is 0. The molecule has 0 atom stereocenters. The molecule has 0 spiro atoms. The molecule has 15 heavy (non-hydrogen) atoms. The smallest absolute Gasteiger partial charge is 0.239 e. The van der Waals surface area contributed by atoms with Gasteiger partial charge in [0.15, 0.2) is 0 Å². The molecule has 0 aliphatic carbocycles. The highest BCUT2D eigenvalue weighted by Gasteiger charge is 2.43. The molecule has 0 aromatic carbocycles. The molecule has 0 saturated heterocycles. The van der Waals surface area contributed by atoms with Gasteiger partial charge in [0.05, 0.1) is 0 Å². The summed E-state index contributed by atoms with van der Waals surface area (Å²) in [6, 6.07) is 0. The number of hydrogen-bond donors (Lipinski definition) is 2. The third-order valence-electron chi connectivity index (χ3n) is 2.72. The van der Waals surface area contributed by atoms with Crippen molar-refractivity contribution in [2.75, 3.05) is 0 Å². The molecule has 84 valence electrons. The summed E-state index contributed by atoms with van der Waals surface area (Å²) in [6.07, 6.45) is 3.25. The van der Waals surface area contributed by atoms with Gasteiger partial charge in [-0.2, -0.15) is 0 Å². The van der Waals surface area contributed by atoms with Crippen LogP contribution in [0.4, 0.5) is 0 Å². The second kappa shape index (κ2) is 4.70. The van der Waals surface area contributed by atoms with E-state index in [9.17, 15) is 4.79 Å². The van der Waals surface area contributed by atoms with Gasteiger partial charge < -0.3 is 11.1 Å². The number of carbonyl (C=O) groups is 1. The molecule has 1 aliphatic heterocycles. The van der Waals surface area contributed by atoms with Gasteiger partial charge in [-0.05, 0) is 25.1 Å². The molecule has 0 radical (unpaired) electrons. The highest BCUT2D eigenvalue weighted by atomic mass is 32.1. The number of thiocarbonyl (C=S) groups is 1. The first-order valence-corrected chi connectivity index (χ1v) is 5.67. The molecule has 0 aromatic heterocycles. The lowest BCUT2D eigenvalue weighted by Crippen LogP contribution is -2.55. The van der Waals surface area contributed by atoms with Crippen molar-refractivity contribution in [2.24, 2.45) is 16.1 Å². The number of aliphatic imine (C=N–C) groups is 1. The van der Waals surface area contributed by atoms with Crippen molar-refractivity contribution in [1.82, 2.24) is 5.32 Å². The molecule has 1 aliphatic rings. The van der Waals surface area contributed by atoms with E-state index in [0.717, 1.165) is 25.7 Å². The number of carbonyl (C=O) groups excluding carboxylic acids is 1. The van der Waals surface area contributed by atoms with Crippen molar-refractivity contribution < 1.29 is 4.79 Å². The van der Waals surface area contributed by atoms with Crippen molar-refractivity contribution >= 4 is 29.1 Å². The summed E-state index contributed by atoms with van der Waals surface area (Å²) in [6.45, 7) is 4.07. The summed E-state index contributed by atoms with van der Waals surface area (Å²) in [5.74, 6) is 0.281. The Labute approximate surface area is 95.3 Å². The zero-order valence-corrected chi connectivity index (χ0v) is 9.99. The molecule has 3 N–H and O–H groups in total. The first-order valence-electron chi connectivity index (χ1n) is 5.27. The highest BCUT2D eigenvalue weighted by molar-refractivity contribution is 7.80. The molecular weight excluding hydrogens is 210 g/mol. The molecule has 0 fully saturated rings. The van der Waals surface area contributed by atoms with Crippen molar-refractivity contribution in [2.45, 2.75) is 39.5 Å². The molecule has 1 heterocycles. The molecule has 5 heteroatoms. The van der Waals surface area contributed by atoms with Crippen LogP contribution in [-0.2, 0) is 4.79 Å². The van der Waals surface area contributed by atoms with Gasteiger partial charge >= 0.3 is 0 Å². The van der Waals surface area contributed by atoms with Crippen LogP contribution in [0.5, 0.6) is 0 Å². The Bertz CT molecular complexity index is 306. The van der Waals surface area contributed by atoms with Crippen LogP contribution in [0.2, 0.25) is 0 Å². The van der Waals surface area contributed by atoms with Crippen molar-refractivity contribution in [3.8, 4) is 0 Å². The second-order valence-corrected chi connectivity index (χ2v) is 4.23. The maximum absolute atomic E-state index is 12.0. The topological polar surface area (TPSA) is 67.5 Å². The van der Waals surface area contributed by atoms with Crippen LogP contribution in [0.15, 0.2) is 4.99 Å². The van der Waals surface area contributed by atoms with Gasteiger partial charge in [-0.15, -0.1) is 0 Å². The van der Waals surface area contributed by atoms with Gasteiger partial charge in [-0.3, -0.25) is 4.79 Å². The third-order valence-corrected chi connectivity index (χ3v) is 2.91. The minimum atomic E-state index is -0.633. The molecule has 4 nitrogen and oxygen atoms in total. The van der Waals surface area contributed by atoms with Gasteiger partial charge in [-0.25, -0.2) is 4.99 Å². The van der Waals surface area contributed by atoms with Crippen LogP contribution < -0.4 is 11.1 Å². The lowest BCUT2D eigenvalue weighted by molar-refractivity contribution is -0.127. The predicted octanol–water partition coefficient (Wildman–Crippen LogP) is 1.34. The number of hydrogen-bond acceptors (Lipinski definition) is 3. The first kappa shape index (κ1) is 12.1. The maximum Gasteiger partial charge on any atom is 0.239 e. The Hall–Kier alpha value is -0.970. The van der Waals surface area contributed by atoms with E-state index in [-0.39, 0.29) is 11.0 Å². The summed E-state index contributed by atoms with van der Waals surface area (Å²) in [5.41, 5.74) is 5.24. The molecular formula is C10H17N3OS. The summed E-state index contributed by atoms with van der Waals surface area (Å²) in [7, 11) is 0. The van der Waals surface area contributed by atoms with E-state index >= 15 is 0 Å². The molecule has 0 saturated carbocycles. The Morgan fingerprint density at radius 1 is 1.40 bits per heavy atom. The van der Waals surface area contributed by atoms with Crippen LogP contribution >= 0.6 is 12.2 Å². The summed E-state index contributed by atoms with van der Waals surface area (Å²) in [4.78, 5) is 16.0. The Balaban J connectivity index is 3.08. The average Bonchev–Trinajstić information content (AvgIpc) is 2.14. The van der Waals surface area contributed by atoms with E-state index in [4.69, 9.17) is 18.0 Å². The van der Waals surface area contributed by atoms with Gasteiger partial charge in [0.2, 0.25) is 11.0 Å². The average molecular weight is 227 g/mol. The van der Waals surface area contributed by atoms with E-state index < -0.39 is 5.41 Å². The number of nitrogens with zero attached hydrogens (tertiary/aromatic N) is 1. The van der Waals surface area contributed by atoms with E-state index in [1.807, 2.05) is 13.8 Å². The molecule has 0 unspecified atom stereocenters. The zero-order valence-electron chi connectivity index (χ0n) is 9.17. The Morgan fingerprint density at radius 2 is 1.93 bits per heavy atom. The van der Waals surface area contributed by atoms with Gasteiger partial charge in [0, 0.05) is 0 Å². The van der Waals surface area contributed by atoms with Crippen LogP contribution in [-0.4, -0.2) is 16.9 Å². The summed E-state index contributed by atoms with van der Waals surface area (Å²) in [5, 5.41) is 2.78. The SMILES string of the molecule is CCCC1(CCC)C(=O)NC(=S)N=C1N. The van der Waals surface area contributed by atoms with Gasteiger partial charge in [0.25, 0.3) is 0 Å². The number of nitrogens with one attached hydrogen (secondary N) is 1. The van der Waals surface area contributed by atoms with E-state index in [1.54, 1.807) is 0 Å². The van der Waals surface area contributed by atoms with Gasteiger partial charge in [-0.1, -0.05) is 26.7 Å². The van der Waals surface area contributed by atoms with E-state index in [0.29, 0.717) is 5.84 Å². The van der Waals surface area contributed by atoms with E-state index in [2.05, 4.69) is 10.3 Å². The van der Waals surface area contributed by atoms with Crippen LogP contribution in [0.25, 0.3) is 0 Å². The minimum Gasteiger partial charge on any atom is -0.386 e. The number of nitrogens with two attached hydrogens (primary N) is 1. The Kier molecular flexibility index (Phi) is 3.79. The van der Waals surface area contributed by atoms with Crippen molar-refractivity contribution in [3.63, 3.8) is 0 Å². The number of amidine groups is 1. The fraction of sp³-hybridized carbons (Fsp3) is 0.700. The van der Waals surface area contributed by atoms with E-state index in [1.165, 1.54) is 0 Å². The van der Waals surface area contributed by atoms with Crippen molar-refractivity contribution in [3.05, 3.63) is 0 Å². The van der Waals surface area contributed by atoms with Crippen molar-refractivity contribution in [1.29, 1.82) is 0 Å². The van der Waals surface area contributed by atoms with Crippen LogP contribution in [0.3, 0.4) is 0 Å². The molecule has 0 aromatic rings. The first-order chi connectivity index (χ1) is 7.06. The Morgan fingerprint density at radius 3 is 2.33 bits per heavy atom. The quantitative estimate of drug-likeness (QED) is 0.712. The third kappa shape index (κ3) is 2.17. The number of rotatable bonds is 4. The van der Waals surface area contributed by atoms with Gasteiger partial charge in [0.1, 0.15) is 11.3 Å². The monoisotopic (exact) mass is 227 g/mol. The maximum atomic E-state index is 12.0.